The lowest BCUT2D eigenvalue weighted by Gasteiger charge is -2.35. The zero-order valence-corrected chi connectivity index (χ0v) is 14.4. The Morgan fingerprint density at radius 1 is 1.26 bits per heavy atom. The molecular weight excluding hydrogens is 292 g/mol. The van der Waals surface area contributed by atoms with Crippen LogP contribution >= 0.6 is 0 Å². The van der Waals surface area contributed by atoms with E-state index in [0.717, 1.165) is 51.4 Å². The molecule has 1 aromatic rings. The van der Waals surface area contributed by atoms with E-state index in [0.29, 0.717) is 11.6 Å². The largest absolute Gasteiger partial charge is 0.379 e. The van der Waals surface area contributed by atoms with E-state index >= 15 is 0 Å². The number of likely N-dealkylation sites (N-methyl/N-ethyl adjacent to an activating group) is 1. The monoisotopic (exact) mass is 320 g/mol. The lowest BCUT2D eigenvalue weighted by molar-refractivity contribution is -0.384. The van der Waals surface area contributed by atoms with Gasteiger partial charge in [-0.05, 0) is 31.0 Å². The number of nitrogens with zero attached hydrogens (tertiary/aromatic N) is 3. The molecule has 0 radical (unpaired) electrons. The summed E-state index contributed by atoms with van der Waals surface area (Å²) >= 11 is 0. The number of aryl methyl sites for hydroxylation is 1. The number of rotatable bonds is 7. The standard InChI is InChI=1S/C17H28N4O2/c1-4-19-7-9-20(10-8-19)13-15(3)12-18-16-6-5-14(2)11-17(16)21(22)23/h5-6,11,15,18H,4,7-10,12-13H2,1-3H3. The molecule has 1 fully saturated rings. The third kappa shape index (κ3) is 5.18. The molecule has 1 heterocycles. The molecule has 0 bridgehead atoms. The van der Waals surface area contributed by atoms with Crippen molar-refractivity contribution in [1.29, 1.82) is 0 Å². The summed E-state index contributed by atoms with van der Waals surface area (Å²) in [5.74, 6) is 0.448. The van der Waals surface area contributed by atoms with Crippen molar-refractivity contribution in [2.75, 3.05) is 51.1 Å². The molecule has 1 atom stereocenters. The van der Waals surface area contributed by atoms with Crippen molar-refractivity contribution >= 4 is 11.4 Å². The molecule has 2 rings (SSSR count). The first kappa shape index (κ1) is 17.7. The highest BCUT2D eigenvalue weighted by atomic mass is 16.6. The van der Waals surface area contributed by atoms with E-state index in [4.69, 9.17) is 0 Å². The number of benzene rings is 1. The Hall–Kier alpha value is -1.66. The molecule has 0 saturated carbocycles. The lowest BCUT2D eigenvalue weighted by Crippen LogP contribution is -2.47. The Kier molecular flexibility index (Phi) is 6.36. The van der Waals surface area contributed by atoms with E-state index in [1.807, 2.05) is 13.0 Å². The first-order chi connectivity index (χ1) is 11.0. The maximum Gasteiger partial charge on any atom is 0.292 e. The second kappa shape index (κ2) is 8.26. The Morgan fingerprint density at radius 3 is 2.52 bits per heavy atom. The van der Waals surface area contributed by atoms with Gasteiger partial charge in [-0.15, -0.1) is 0 Å². The highest BCUT2D eigenvalue weighted by molar-refractivity contribution is 5.62. The Labute approximate surface area is 138 Å². The van der Waals surface area contributed by atoms with Gasteiger partial charge >= 0.3 is 0 Å². The van der Waals surface area contributed by atoms with Gasteiger partial charge in [0.2, 0.25) is 0 Å². The molecule has 128 valence electrons. The summed E-state index contributed by atoms with van der Waals surface area (Å²) in [7, 11) is 0. The van der Waals surface area contributed by atoms with Crippen LogP contribution in [0, 0.1) is 23.0 Å². The minimum Gasteiger partial charge on any atom is -0.379 e. The van der Waals surface area contributed by atoms with Crippen LogP contribution in [0.3, 0.4) is 0 Å². The van der Waals surface area contributed by atoms with Crippen molar-refractivity contribution in [3.8, 4) is 0 Å². The number of nitro benzene ring substituents is 1. The van der Waals surface area contributed by atoms with Gasteiger partial charge in [0, 0.05) is 45.3 Å². The van der Waals surface area contributed by atoms with Gasteiger partial charge in [-0.1, -0.05) is 19.9 Å². The van der Waals surface area contributed by atoms with Crippen LogP contribution < -0.4 is 5.32 Å². The van der Waals surface area contributed by atoms with Crippen molar-refractivity contribution < 1.29 is 4.92 Å². The van der Waals surface area contributed by atoms with Crippen LogP contribution in [0.4, 0.5) is 11.4 Å². The second-order valence-corrected chi connectivity index (χ2v) is 6.50. The lowest BCUT2D eigenvalue weighted by atomic mass is 10.1. The van der Waals surface area contributed by atoms with E-state index in [2.05, 4.69) is 29.0 Å². The number of hydrogen-bond donors (Lipinski definition) is 1. The van der Waals surface area contributed by atoms with Crippen LogP contribution in [-0.4, -0.2) is 60.5 Å². The molecule has 0 aliphatic carbocycles. The zero-order valence-electron chi connectivity index (χ0n) is 14.4. The maximum absolute atomic E-state index is 11.1. The van der Waals surface area contributed by atoms with Gasteiger partial charge in [-0.2, -0.15) is 0 Å². The van der Waals surface area contributed by atoms with Gasteiger partial charge in [-0.3, -0.25) is 10.1 Å². The van der Waals surface area contributed by atoms with E-state index in [1.165, 1.54) is 0 Å². The van der Waals surface area contributed by atoms with Gasteiger partial charge in [0.1, 0.15) is 5.69 Å². The quantitative estimate of drug-likeness (QED) is 0.618. The summed E-state index contributed by atoms with van der Waals surface area (Å²) in [5.41, 5.74) is 1.68. The van der Waals surface area contributed by atoms with Gasteiger partial charge in [0.15, 0.2) is 0 Å². The van der Waals surface area contributed by atoms with Crippen LogP contribution in [0.15, 0.2) is 18.2 Å². The Morgan fingerprint density at radius 2 is 1.91 bits per heavy atom. The van der Waals surface area contributed by atoms with Gasteiger partial charge in [0.05, 0.1) is 4.92 Å². The van der Waals surface area contributed by atoms with Crippen molar-refractivity contribution in [1.82, 2.24) is 9.80 Å². The molecule has 23 heavy (non-hydrogen) atoms. The third-order valence-electron chi connectivity index (χ3n) is 4.47. The predicted molar refractivity (Wildman–Crippen MR) is 94.0 cm³/mol. The summed E-state index contributed by atoms with van der Waals surface area (Å²) in [6.07, 6.45) is 0. The van der Waals surface area contributed by atoms with Gasteiger partial charge in [-0.25, -0.2) is 0 Å². The molecular formula is C17H28N4O2. The molecule has 1 unspecified atom stereocenters. The van der Waals surface area contributed by atoms with Crippen molar-refractivity contribution in [2.24, 2.45) is 5.92 Å². The smallest absolute Gasteiger partial charge is 0.292 e. The molecule has 0 amide bonds. The fourth-order valence-corrected chi connectivity index (χ4v) is 3.02. The normalized spacial score (nSPS) is 17.9. The SMILES string of the molecule is CCN1CCN(CC(C)CNc2ccc(C)cc2[N+](=O)[O-])CC1. The minimum absolute atomic E-state index is 0.161. The molecule has 1 saturated heterocycles. The average Bonchev–Trinajstić information content (AvgIpc) is 2.54. The zero-order chi connectivity index (χ0) is 16.8. The maximum atomic E-state index is 11.1. The first-order valence-corrected chi connectivity index (χ1v) is 8.43. The van der Waals surface area contributed by atoms with Crippen LogP contribution in [0.2, 0.25) is 0 Å². The summed E-state index contributed by atoms with van der Waals surface area (Å²) in [4.78, 5) is 15.8. The molecule has 1 N–H and O–H groups in total. The number of nitro groups is 1. The number of hydrogen-bond acceptors (Lipinski definition) is 5. The summed E-state index contributed by atoms with van der Waals surface area (Å²) in [6, 6.07) is 5.33. The average molecular weight is 320 g/mol. The van der Waals surface area contributed by atoms with Crippen molar-refractivity contribution in [2.45, 2.75) is 20.8 Å². The Balaban J connectivity index is 1.83. The molecule has 1 aliphatic rings. The highest BCUT2D eigenvalue weighted by Crippen LogP contribution is 2.25. The highest BCUT2D eigenvalue weighted by Gasteiger charge is 2.18. The van der Waals surface area contributed by atoms with Crippen LogP contribution in [0.1, 0.15) is 19.4 Å². The van der Waals surface area contributed by atoms with Gasteiger partial charge in [0.25, 0.3) is 5.69 Å². The predicted octanol–water partition coefficient (Wildman–Crippen LogP) is 2.59. The molecule has 1 aromatic carbocycles. The molecule has 1 aliphatic heterocycles. The second-order valence-electron chi connectivity index (χ2n) is 6.50. The molecule has 0 aromatic heterocycles. The van der Waals surface area contributed by atoms with Crippen LogP contribution in [0.25, 0.3) is 0 Å². The van der Waals surface area contributed by atoms with Crippen LogP contribution in [0.5, 0.6) is 0 Å². The van der Waals surface area contributed by atoms with E-state index < -0.39 is 0 Å². The summed E-state index contributed by atoms with van der Waals surface area (Å²) < 4.78 is 0. The molecule has 6 nitrogen and oxygen atoms in total. The summed E-state index contributed by atoms with van der Waals surface area (Å²) in [5, 5.41) is 14.4. The van der Waals surface area contributed by atoms with E-state index in [-0.39, 0.29) is 10.6 Å². The van der Waals surface area contributed by atoms with Crippen molar-refractivity contribution in [3.05, 3.63) is 33.9 Å². The fourth-order valence-electron chi connectivity index (χ4n) is 3.02. The first-order valence-electron chi connectivity index (χ1n) is 8.43. The summed E-state index contributed by atoms with van der Waals surface area (Å²) in [6.45, 7) is 13.7. The topological polar surface area (TPSA) is 61.6 Å². The molecule has 6 heteroatoms. The minimum atomic E-state index is -0.316. The fraction of sp³-hybridized carbons (Fsp3) is 0.647. The number of nitrogens with one attached hydrogen (secondary N) is 1. The Bertz CT molecular complexity index is 527. The molecule has 0 spiro atoms. The number of piperazine rings is 1. The van der Waals surface area contributed by atoms with E-state index in [1.54, 1.807) is 12.1 Å². The number of anilines is 1. The van der Waals surface area contributed by atoms with Gasteiger partial charge < -0.3 is 15.1 Å². The van der Waals surface area contributed by atoms with E-state index in [9.17, 15) is 10.1 Å². The third-order valence-corrected chi connectivity index (χ3v) is 4.47. The van der Waals surface area contributed by atoms with Crippen molar-refractivity contribution in [3.63, 3.8) is 0 Å². The van der Waals surface area contributed by atoms with Crippen LogP contribution in [-0.2, 0) is 0 Å².